The van der Waals surface area contributed by atoms with Crippen molar-refractivity contribution in [3.63, 3.8) is 0 Å². The maximum absolute atomic E-state index is 12.4. The first kappa shape index (κ1) is 16.2. The number of benzene rings is 2. The molecule has 2 heterocycles. The molecule has 0 bridgehead atoms. The molecule has 0 radical (unpaired) electrons. The molecule has 130 valence electrons. The molecular formula is C18H12ClN3O4. The van der Waals surface area contributed by atoms with Crippen LogP contribution in [0.25, 0.3) is 22.4 Å². The number of oxazole rings is 1. The van der Waals surface area contributed by atoms with Crippen LogP contribution in [0, 0.1) is 0 Å². The monoisotopic (exact) mass is 369 g/mol. The molecule has 0 fully saturated rings. The number of fused-ring (bicyclic) bond motifs is 1. The molecule has 2 aromatic heterocycles. The number of nitrogens with one attached hydrogen (secondary N) is 1. The Labute approximate surface area is 151 Å². The maximum atomic E-state index is 12.4. The number of amides is 1. The normalized spacial score (nSPS) is 11.0. The van der Waals surface area contributed by atoms with Gasteiger partial charge in [-0.2, -0.15) is 0 Å². The van der Waals surface area contributed by atoms with Gasteiger partial charge in [-0.1, -0.05) is 28.9 Å². The van der Waals surface area contributed by atoms with Crippen LogP contribution in [0.3, 0.4) is 0 Å². The number of carbonyl (C=O) groups is 1. The molecule has 4 aromatic rings. The van der Waals surface area contributed by atoms with E-state index >= 15 is 0 Å². The second-order valence-corrected chi connectivity index (χ2v) is 6.09. The summed E-state index contributed by atoms with van der Waals surface area (Å²) in [6, 6.07) is 13.5. The molecule has 1 amide bonds. The lowest BCUT2D eigenvalue weighted by Crippen LogP contribution is -2.10. The van der Waals surface area contributed by atoms with Gasteiger partial charge in [-0.15, -0.1) is 0 Å². The van der Waals surface area contributed by atoms with Crippen LogP contribution in [0.5, 0.6) is 0 Å². The predicted molar refractivity (Wildman–Crippen MR) is 96.4 cm³/mol. The standard InChI is InChI=1S/C18H12ClN3O4/c1-22-14-6-5-12(8-15(14)25-18(22)24)20-17(23)16-9-13(21-26-16)10-3-2-4-11(19)7-10/h2-9H,1H3,(H,20,23). The Hall–Kier alpha value is -3.32. The molecule has 1 N–H and O–H groups in total. The van der Waals surface area contributed by atoms with Crippen LogP contribution >= 0.6 is 11.6 Å². The van der Waals surface area contributed by atoms with Gasteiger partial charge in [0.25, 0.3) is 5.91 Å². The summed E-state index contributed by atoms with van der Waals surface area (Å²) in [7, 11) is 1.61. The Kier molecular flexibility index (Phi) is 3.85. The van der Waals surface area contributed by atoms with E-state index in [0.29, 0.717) is 27.5 Å². The molecule has 0 saturated carbocycles. The van der Waals surface area contributed by atoms with Crippen molar-refractivity contribution >= 4 is 34.3 Å². The van der Waals surface area contributed by atoms with E-state index in [-0.39, 0.29) is 5.76 Å². The van der Waals surface area contributed by atoms with Gasteiger partial charge in [0.15, 0.2) is 5.58 Å². The average molecular weight is 370 g/mol. The predicted octanol–water partition coefficient (Wildman–Crippen LogP) is 3.69. The third kappa shape index (κ3) is 2.89. The van der Waals surface area contributed by atoms with E-state index in [1.807, 2.05) is 6.07 Å². The summed E-state index contributed by atoms with van der Waals surface area (Å²) in [6.07, 6.45) is 0. The summed E-state index contributed by atoms with van der Waals surface area (Å²) < 4.78 is 11.6. The molecule has 4 rings (SSSR count). The van der Waals surface area contributed by atoms with Gasteiger partial charge in [-0.3, -0.25) is 9.36 Å². The van der Waals surface area contributed by atoms with Crippen LogP contribution in [0.15, 0.2) is 62.3 Å². The summed E-state index contributed by atoms with van der Waals surface area (Å²) in [5.74, 6) is -0.886. The lowest BCUT2D eigenvalue weighted by atomic mass is 10.1. The minimum atomic E-state index is -0.469. The lowest BCUT2D eigenvalue weighted by molar-refractivity contribution is 0.0988. The number of hydrogen-bond acceptors (Lipinski definition) is 5. The van der Waals surface area contributed by atoms with E-state index in [4.69, 9.17) is 20.5 Å². The van der Waals surface area contributed by atoms with Crippen molar-refractivity contribution < 1.29 is 13.7 Å². The molecule has 2 aromatic carbocycles. The molecule has 26 heavy (non-hydrogen) atoms. The van der Waals surface area contributed by atoms with Crippen LogP contribution < -0.4 is 11.1 Å². The zero-order valence-corrected chi connectivity index (χ0v) is 14.3. The van der Waals surface area contributed by atoms with Gasteiger partial charge in [0.1, 0.15) is 5.69 Å². The second kappa shape index (κ2) is 6.20. The molecule has 0 atom stereocenters. The fourth-order valence-corrected chi connectivity index (χ4v) is 2.76. The largest absolute Gasteiger partial charge is 0.419 e. The number of rotatable bonds is 3. The first-order valence-corrected chi connectivity index (χ1v) is 8.02. The van der Waals surface area contributed by atoms with E-state index in [9.17, 15) is 9.59 Å². The summed E-state index contributed by atoms with van der Waals surface area (Å²) in [5.41, 5.74) is 2.73. The first-order chi connectivity index (χ1) is 12.5. The highest BCUT2D eigenvalue weighted by Crippen LogP contribution is 2.23. The zero-order chi connectivity index (χ0) is 18.3. The third-order valence-electron chi connectivity index (χ3n) is 3.90. The van der Waals surface area contributed by atoms with Crippen molar-refractivity contribution in [2.45, 2.75) is 0 Å². The van der Waals surface area contributed by atoms with Crippen molar-refractivity contribution in [3.8, 4) is 11.3 Å². The lowest BCUT2D eigenvalue weighted by Gasteiger charge is -2.02. The number of hydrogen-bond donors (Lipinski definition) is 1. The van der Waals surface area contributed by atoms with Gasteiger partial charge < -0.3 is 14.3 Å². The Balaban J connectivity index is 1.58. The maximum Gasteiger partial charge on any atom is 0.419 e. The van der Waals surface area contributed by atoms with E-state index in [1.165, 1.54) is 10.6 Å². The number of aromatic nitrogens is 2. The van der Waals surface area contributed by atoms with Gasteiger partial charge in [0, 0.05) is 35.5 Å². The molecule has 0 unspecified atom stereocenters. The highest BCUT2D eigenvalue weighted by Gasteiger charge is 2.15. The van der Waals surface area contributed by atoms with Gasteiger partial charge in [-0.25, -0.2) is 4.79 Å². The Morgan fingerprint density at radius 1 is 1.19 bits per heavy atom. The third-order valence-corrected chi connectivity index (χ3v) is 4.14. The molecule has 0 aliphatic rings. The zero-order valence-electron chi connectivity index (χ0n) is 13.5. The van der Waals surface area contributed by atoms with Crippen LogP contribution in [-0.2, 0) is 7.05 Å². The fraction of sp³-hybridized carbons (Fsp3) is 0.0556. The molecule has 7 nitrogen and oxygen atoms in total. The van der Waals surface area contributed by atoms with Gasteiger partial charge in [-0.05, 0) is 24.3 Å². The highest BCUT2D eigenvalue weighted by atomic mass is 35.5. The topological polar surface area (TPSA) is 90.3 Å². The van der Waals surface area contributed by atoms with E-state index in [1.54, 1.807) is 43.4 Å². The Morgan fingerprint density at radius 3 is 2.85 bits per heavy atom. The van der Waals surface area contributed by atoms with Gasteiger partial charge >= 0.3 is 5.76 Å². The number of halogens is 1. The molecular weight excluding hydrogens is 358 g/mol. The van der Waals surface area contributed by atoms with Crippen molar-refractivity contribution in [1.29, 1.82) is 0 Å². The summed E-state index contributed by atoms with van der Waals surface area (Å²) in [5, 5.41) is 7.15. The summed E-state index contributed by atoms with van der Waals surface area (Å²) >= 11 is 5.96. The number of nitrogens with zero attached hydrogens (tertiary/aromatic N) is 2. The van der Waals surface area contributed by atoms with E-state index in [2.05, 4.69) is 10.5 Å². The van der Waals surface area contributed by atoms with Gasteiger partial charge in [0.05, 0.1) is 5.52 Å². The van der Waals surface area contributed by atoms with Crippen molar-refractivity contribution in [2.24, 2.45) is 7.05 Å². The van der Waals surface area contributed by atoms with E-state index < -0.39 is 11.7 Å². The highest BCUT2D eigenvalue weighted by molar-refractivity contribution is 6.30. The summed E-state index contributed by atoms with van der Waals surface area (Å²) in [4.78, 5) is 23.9. The molecule has 8 heteroatoms. The Bertz CT molecular complexity index is 1190. The quantitative estimate of drug-likeness (QED) is 0.594. The van der Waals surface area contributed by atoms with Crippen molar-refractivity contribution in [1.82, 2.24) is 9.72 Å². The van der Waals surface area contributed by atoms with Crippen molar-refractivity contribution in [3.05, 3.63) is 69.9 Å². The fourth-order valence-electron chi connectivity index (χ4n) is 2.57. The SMILES string of the molecule is Cn1c(=O)oc2cc(NC(=O)c3cc(-c4cccc(Cl)c4)no3)ccc21. The van der Waals surface area contributed by atoms with Crippen LogP contribution in [0.4, 0.5) is 5.69 Å². The van der Waals surface area contributed by atoms with Crippen LogP contribution in [-0.4, -0.2) is 15.6 Å². The summed E-state index contributed by atoms with van der Waals surface area (Å²) in [6.45, 7) is 0. The molecule has 0 spiro atoms. The average Bonchev–Trinajstić information content (AvgIpc) is 3.21. The minimum absolute atomic E-state index is 0.0505. The Morgan fingerprint density at radius 2 is 2.04 bits per heavy atom. The smallest absolute Gasteiger partial charge is 0.408 e. The van der Waals surface area contributed by atoms with Crippen molar-refractivity contribution in [2.75, 3.05) is 5.32 Å². The first-order valence-electron chi connectivity index (χ1n) is 7.65. The second-order valence-electron chi connectivity index (χ2n) is 5.65. The number of carbonyl (C=O) groups excluding carboxylic acids is 1. The van der Waals surface area contributed by atoms with E-state index in [0.717, 1.165) is 5.56 Å². The number of anilines is 1. The van der Waals surface area contributed by atoms with Crippen LogP contribution in [0.1, 0.15) is 10.6 Å². The minimum Gasteiger partial charge on any atom is -0.408 e. The molecule has 0 saturated heterocycles. The molecule has 0 aliphatic carbocycles. The number of aryl methyl sites for hydroxylation is 1. The van der Waals surface area contributed by atoms with Crippen LogP contribution in [0.2, 0.25) is 5.02 Å². The molecule has 0 aliphatic heterocycles. The van der Waals surface area contributed by atoms with Gasteiger partial charge in [0.2, 0.25) is 5.76 Å².